The standard InChI is InChI=1S/C53H87N11O21/c1-4-55-40(72)25-59-51(81)35(64-49(79)33(54)21-31-13-15-32(69)16-14-31)23-39(71)63-34(50(80)60-26-42(74)57-18-10-6-8-12-20-83-53-44(62-30(3)68)48(78)46(76)37(28-66)85-53)22-38(70)58-24-41(73)56-17-9-5-7-11-19-82-52-43(61-29(2)67)47(77)45(75)36(27-65)84-52/h13-16,33-37,43-48,52-53,65-66,69,75-78H,4-12,17-28,54H2,1-3H3,(H,55,72)(H,56,73)(H,57,74)(H,58,70)(H,59,81)(H,60,80)(H,61,67)(H,62,68)(H,63,71)(H,64,79)/t33?,34?,35?,36-,37-,43-,44-,45+,46+,47-,48-,52-,53-/m1/s1. The topological polar surface area (TPSA) is 496 Å². The fourth-order valence-electron chi connectivity index (χ4n) is 8.76. The van der Waals surface area contributed by atoms with E-state index < -0.39 is 184 Å². The smallest absolute Gasteiger partial charge is 0.243 e. The number of nitrogens with two attached hydrogens (primary N) is 1. The van der Waals surface area contributed by atoms with Gasteiger partial charge in [0.2, 0.25) is 59.1 Å². The molecule has 0 saturated carbocycles. The molecule has 32 heteroatoms. The quantitative estimate of drug-likeness (QED) is 0.0274. The normalized spacial score (nSPS) is 22.9. The van der Waals surface area contributed by atoms with Crippen molar-refractivity contribution in [3.63, 3.8) is 0 Å². The number of hydrogen-bond donors (Lipinski definition) is 18. The number of carbonyl (C=O) groups is 10. The lowest BCUT2D eigenvalue weighted by molar-refractivity contribution is -0.270. The predicted molar refractivity (Wildman–Crippen MR) is 296 cm³/mol. The second kappa shape index (κ2) is 39.1. The molecule has 0 bridgehead atoms. The van der Waals surface area contributed by atoms with Crippen molar-refractivity contribution in [2.24, 2.45) is 5.73 Å². The molecule has 2 aliphatic heterocycles. The molecule has 0 spiro atoms. The third-order valence-electron chi connectivity index (χ3n) is 13.3. The molecule has 2 heterocycles. The maximum Gasteiger partial charge on any atom is 0.243 e. The average Bonchev–Trinajstić information content (AvgIpc) is 2.61. The molecular weight excluding hydrogens is 1130 g/mol. The number of aliphatic hydroxyl groups is 6. The van der Waals surface area contributed by atoms with Crippen LogP contribution in [-0.2, 0) is 73.3 Å². The van der Waals surface area contributed by atoms with Crippen LogP contribution >= 0.6 is 0 Å². The number of aliphatic hydroxyl groups excluding tert-OH is 6. The molecule has 480 valence electrons. The Morgan fingerprint density at radius 1 is 0.529 bits per heavy atom. The first-order chi connectivity index (χ1) is 40.5. The molecule has 85 heavy (non-hydrogen) atoms. The molecule has 3 unspecified atom stereocenters. The fourth-order valence-corrected chi connectivity index (χ4v) is 8.76. The van der Waals surface area contributed by atoms with E-state index in [1.807, 2.05) is 0 Å². The van der Waals surface area contributed by atoms with Gasteiger partial charge in [0.15, 0.2) is 12.6 Å². The maximum absolute atomic E-state index is 13.7. The second-order valence-corrected chi connectivity index (χ2v) is 20.4. The monoisotopic (exact) mass is 1210 g/mol. The summed E-state index contributed by atoms with van der Waals surface area (Å²) in [6.45, 7) is 2.06. The van der Waals surface area contributed by atoms with Gasteiger partial charge in [-0.1, -0.05) is 37.8 Å². The van der Waals surface area contributed by atoms with E-state index in [0.717, 1.165) is 0 Å². The van der Waals surface area contributed by atoms with Gasteiger partial charge in [-0.3, -0.25) is 47.9 Å². The lowest BCUT2D eigenvalue weighted by Gasteiger charge is -2.42. The molecule has 2 fully saturated rings. The molecule has 1 aromatic rings. The van der Waals surface area contributed by atoms with Gasteiger partial charge in [0.25, 0.3) is 0 Å². The van der Waals surface area contributed by atoms with Crippen LogP contribution in [0.3, 0.4) is 0 Å². The van der Waals surface area contributed by atoms with Crippen molar-refractivity contribution in [3.8, 4) is 5.75 Å². The molecule has 1 aromatic carbocycles. The van der Waals surface area contributed by atoms with Gasteiger partial charge in [-0.25, -0.2) is 0 Å². The minimum Gasteiger partial charge on any atom is -0.508 e. The Morgan fingerprint density at radius 3 is 1.40 bits per heavy atom. The van der Waals surface area contributed by atoms with Gasteiger partial charge in [-0.15, -0.1) is 0 Å². The van der Waals surface area contributed by atoms with Crippen LogP contribution in [0.1, 0.15) is 90.5 Å². The summed E-state index contributed by atoms with van der Waals surface area (Å²) in [6.07, 6.45) is -7.64. The van der Waals surface area contributed by atoms with Gasteiger partial charge in [-0.2, -0.15) is 0 Å². The molecular formula is C53H87N11O21. The number of likely N-dealkylation sites (N-methyl/N-ethyl adjacent to an activating group) is 1. The molecule has 10 amide bonds. The summed E-state index contributed by atoms with van der Waals surface area (Å²) >= 11 is 0. The van der Waals surface area contributed by atoms with Crippen LogP contribution < -0.4 is 58.9 Å². The molecule has 0 aromatic heterocycles. The summed E-state index contributed by atoms with van der Waals surface area (Å²) in [6, 6.07) is -1.03. The number of nitrogens with one attached hydrogen (secondary N) is 10. The van der Waals surface area contributed by atoms with Gasteiger partial charge in [0.1, 0.15) is 66.5 Å². The fraction of sp³-hybridized carbons (Fsp3) is 0.698. The Kier molecular flexibility index (Phi) is 33.3. The van der Waals surface area contributed by atoms with Crippen molar-refractivity contribution in [3.05, 3.63) is 29.8 Å². The number of rotatable bonds is 38. The summed E-state index contributed by atoms with van der Waals surface area (Å²) in [5.41, 5.74) is 6.68. The van der Waals surface area contributed by atoms with E-state index in [2.05, 4.69) is 53.2 Å². The van der Waals surface area contributed by atoms with E-state index in [1.54, 1.807) is 6.92 Å². The van der Waals surface area contributed by atoms with Gasteiger partial charge in [0, 0.05) is 46.7 Å². The highest BCUT2D eigenvalue weighted by Gasteiger charge is 2.46. The molecule has 2 aliphatic rings. The Balaban J connectivity index is 1.56. The van der Waals surface area contributed by atoms with Gasteiger partial charge in [0.05, 0.1) is 51.7 Å². The molecule has 13 atom stereocenters. The van der Waals surface area contributed by atoms with Crippen molar-refractivity contribution in [1.29, 1.82) is 0 Å². The summed E-state index contributed by atoms with van der Waals surface area (Å²) in [5.74, 6) is -7.68. The van der Waals surface area contributed by atoms with E-state index in [0.29, 0.717) is 56.9 Å². The summed E-state index contributed by atoms with van der Waals surface area (Å²) in [5, 5.41) is 94.5. The number of phenols is 1. The molecule has 0 aliphatic carbocycles. The first-order valence-corrected chi connectivity index (χ1v) is 28.3. The van der Waals surface area contributed by atoms with Crippen LogP contribution in [-0.4, -0.2) is 240 Å². The zero-order valence-corrected chi connectivity index (χ0v) is 48.1. The van der Waals surface area contributed by atoms with Crippen molar-refractivity contribution < 1.29 is 103 Å². The Morgan fingerprint density at radius 2 is 0.953 bits per heavy atom. The zero-order chi connectivity index (χ0) is 63.0. The number of unbranched alkanes of at least 4 members (excludes halogenated alkanes) is 6. The van der Waals surface area contributed by atoms with E-state index in [1.165, 1.54) is 38.1 Å². The zero-order valence-electron chi connectivity index (χ0n) is 48.1. The van der Waals surface area contributed by atoms with E-state index >= 15 is 0 Å². The highest BCUT2D eigenvalue weighted by Crippen LogP contribution is 2.24. The van der Waals surface area contributed by atoms with Crippen molar-refractivity contribution in [2.45, 2.75) is 171 Å². The number of amides is 10. The minimum absolute atomic E-state index is 0.0324. The lowest BCUT2D eigenvalue weighted by Crippen LogP contribution is -2.64. The number of ether oxygens (including phenoxy) is 4. The van der Waals surface area contributed by atoms with Crippen LogP contribution in [0.5, 0.6) is 5.75 Å². The SMILES string of the molecule is CCNC(=O)CNC(=O)C(CC(=O)NC(CC(=O)NCC(=O)NCCCCCCO[C@@H]1O[C@H](CO)[C@H](O)[C@H](O)[C@H]1NC(C)=O)C(=O)NCC(=O)NCCCCCCO[C@@H]1O[C@H](CO)[C@H](O)[C@H](O)[C@H]1NC(C)=O)NC(=O)C(N)Cc1ccc(O)cc1. The van der Waals surface area contributed by atoms with E-state index in [4.69, 9.17) is 24.7 Å². The summed E-state index contributed by atoms with van der Waals surface area (Å²) < 4.78 is 22.5. The summed E-state index contributed by atoms with van der Waals surface area (Å²) in [7, 11) is 0. The third-order valence-corrected chi connectivity index (χ3v) is 13.3. The van der Waals surface area contributed by atoms with Crippen molar-refractivity contribution in [2.75, 3.05) is 65.7 Å². The van der Waals surface area contributed by atoms with Gasteiger partial charge in [-0.05, 0) is 56.7 Å². The minimum atomic E-state index is -1.72. The molecule has 2 saturated heterocycles. The van der Waals surface area contributed by atoms with Gasteiger partial charge >= 0.3 is 0 Å². The van der Waals surface area contributed by atoms with E-state index in [9.17, 15) is 83.7 Å². The van der Waals surface area contributed by atoms with Crippen LogP contribution in [0.4, 0.5) is 0 Å². The Hall–Kier alpha value is -6.72. The maximum atomic E-state index is 13.7. The highest BCUT2D eigenvalue weighted by atomic mass is 16.7. The van der Waals surface area contributed by atoms with E-state index in [-0.39, 0.29) is 45.0 Å². The Labute approximate surface area is 491 Å². The number of carbonyl (C=O) groups excluding carboxylic acids is 10. The number of phenolic OH excluding ortho intramolecular Hbond substituents is 1. The largest absolute Gasteiger partial charge is 0.508 e. The van der Waals surface area contributed by atoms with Crippen LogP contribution in [0.15, 0.2) is 24.3 Å². The first kappa shape index (κ1) is 72.5. The van der Waals surface area contributed by atoms with Crippen molar-refractivity contribution >= 4 is 59.1 Å². The highest BCUT2D eigenvalue weighted by molar-refractivity contribution is 5.97. The average molecular weight is 1210 g/mol. The third kappa shape index (κ3) is 27.0. The van der Waals surface area contributed by atoms with Crippen molar-refractivity contribution in [1.82, 2.24) is 53.2 Å². The van der Waals surface area contributed by atoms with Crippen LogP contribution in [0.2, 0.25) is 0 Å². The van der Waals surface area contributed by atoms with Crippen LogP contribution in [0, 0.1) is 0 Å². The molecule has 3 rings (SSSR count). The summed E-state index contributed by atoms with van der Waals surface area (Å²) in [4.78, 5) is 128. The second-order valence-electron chi connectivity index (χ2n) is 20.4. The number of aromatic hydroxyl groups is 1. The molecule has 32 nitrogen and oxygen atoms in total. The predicted octanol–water partition coefficient (Wildman–Crippen LogP) is -7.23. The molecule has 19 N–H and O–H groups in total. The Bertz CT molecular complexity index is 2310. The van der Waals surface area contributed by atoms with Crippen LogP contribution in [0.25, 0.3) is 0 Å². The van der Waals surface area contributed by atoms with Gasteiger partial charge < -0.3 is 114 Å². The lowest BCUT2D eigenvalue weighted by atomic mass is 9.97. The molecule has 0 radical (unpaired) electrons. The first-order valence-electron chi connectivity index (χ1n) is 28.3. The number of benzene rings is 1. The number of hydrogen-bond acceptors (Lipinski definition) is 22.